The third kappa shape index (κ3) is 3.03. The first kappa shape index (κ1) is 13.2. The molecule has 0 bridgehead atoms. The zero-order valence-corrected chi connectivity index (χ0v) is 11.5. The lowest BCUT2D eigenvalue weighted by Crippen LogP contribution is -2.00. The summed E-state index contributed by atoms with van der Waals surface area (Å²) in [5, 5.41) is 14.7. The first-order valence-electron chi connectivity index (χ1n) is 6.06. The minimum Gasteiger partial charge on any atom is -0.478 e. The Kier molecular flexibility index (Phi) is 3.57. The molecule has 0 aliphatic carbocycles. The standard InChI is InChI=1S/C14H10N4O2S/c19-13(20)9-2-1-3-10(8-9)17-14-16-5-4-11(18-14)12-15-6-7-21-12/h1-8H,(H,19,20)(H,16,17,18). The molecule has 1 aromatic carbocycles. The van der Waals surface area contributed by atoms with Crippen molar-refractivity contribution in [2.45, 2.75) is 0 Å². The third-order valence-corrected chi connectivity index (χ3v) is 3.47. The number of carboxylic acid groups (broad SMARTS) is 1. The van der Waals surface area contributed by atoms with Gasteiger partial charge in [-0.25, -0.2) is 19.7 Å². The highest BCUT2D eigenvalue weighted by Gasteiger charge is 2.06. The van der Waals surface area contributed by atoms with Crippen molar-refractivity contribution in [3.05, 3.63) is 53.7 Å². The van der Waals surface area contributed by atoms with Crippen molar-refractivity contribution in [1.29, 1.82) is 0 Å². The average Bonchev–Trinajstić information content (AvgIpc) is 3.02. The lowest BCUT2D eigenvalue weighted by molar-refractivity contribution is 0.0697. The van der Waals surface area contributed by atoms with Gasteiger partial charge in [0.15, 0.2) is 0 Å². The number of nitrogens with zero attached hydrogens (tertiary/aromatic N) is 3. The van der Waals surface area contributed by atoms with Crippen LogP contribution in [0.5, 0.6) is 0 Å². The van der Waals surface area contributed by atoms with Gasteiger partial charge in [-0.3, -0.25) is 0 Å². The van der Waals surface area contributed by atoms with Crippen molar-refractivity contribution in [3.63, 3.8) is 0 Å². The molecule has 2 aromatic heterocycles. The molecule has 2 heterocycles. The van der Waals surface area contributed by atoms with E-state index in [-0.39, 0.29) is 5.56 Å². The van der Waals surface area contributed by atoms with Gasteiger partial charge in [0.2, 0.25) is 5.95 Å². The molecule has 2 N–H and O–H groups in total. The fraction of sp³-hybridized carbons (Fsp3) is 0. The van der Waals surface area contributed by atoms with Crippen molar-refractivity contribution >= 4 is 28.9 Å². The molecule has 3 rings (SSSR count). The summed E-state index contributed by atoms with van der Waals surface area (Å²) in [4.78, 5) is 23.6. The topological polar surface area (TPSA) is 88.0 Å². The Morgan fingerprint density at radius 3 is 2.86 bits per heavy atom. The normalized spacial score (nSPS) is 10.3. The Labute approximate surface area is 124 Å². The lowest BCUT2D eigenvalue weighted by atomic mass is 10.2. The molecule has 0 amide bonds. The van der Waals surface area contributed by atoms with Crippen LogP contribution in [0.4, 0.5) is 11.6 Å². The van der Waals surface area contributed by atoms with E-state index in [4.69, 9.17) is 5.11 Å². The van der Waals surface area contributed by atoms with Gasteiger partial charge in [-0.2, -0.15) is 0 Å². The number of rotatable bonds is 4. The molecule has 104 valence electrons. The number of hydrogen-bond donors (Lipinski definition) is 2. The molecule has 0 unspecified atom stereocenters. The van der Waals surface area contributed by atoms with Crippen LogP contribution < -0.4 is 5.32 Å². The third-order valence-electron chi connectivity index (χ3n) is 2.67. The Morgan fingerprint density at radius 2 is 2.10 bits per heavy atom. The summed E-state index contributed by atoms with van der Waals surface area (Å²) in [6.07, 6.45) is 3.35. The van der Waals surface area contributed by atoms with E-state index in [1.165, 1.54) is 23.5 Å². The number of carbonyl (C=O) groups is 1. The summed E-state index contributed by atoms with van der Waals surface area (Å²) >= 11 is 1.49. The summed E-state index contributed by atoms with van der Waals surface area (Å²) in [7, 11) is 0. The first-order chi connectivity index (χ1) is 10.2. The maximum absolute atomic E-state index is 10.9. The predicted octanol–water partition coefficient (Wildman–Crippen LogP) is 3.04. The Hall–Kier alpha value is -2.80. The first-order valence-corrected chi connectivity index (χ1v) is 6.93. The van der Waals surface area contributed by atoms with Gasteiger partial charge in [-0.1, -0.05) is 6.07 Å². The summed E-state index contributed by atoms with van der Waals surface area (Å²) in [5.41, 5.74) is 1.54. The van der Waals surface area contributed by atoms with E-state index in [1.807, 2.05) is 5.38 Å². The van der Waals surface area contributed by atoms with Gasteiger partial charge in [0.25, 0.3) is 0 Å². The maximum Gasteiger partial charge on any atom is 0.335 e. The van der Waals surface area contributed by atoms with Crippen LogP contribution >= 0.6 is 11.3 Å². The van der Waals surface area contributed by atoms with Crippen molar-refractivity contribution < 1.29 is 9.90 Å². The molecule has 0 radical (unpaired) electrons. The van der Waals surface area contributed by atoms with Crippen LogP contribution in [-0.4, -0.2) is 26.0 Å². The fourth-order valence-corrected chi connectivity index (χ4v) is 2.35. The smallest absolute Gasteiger partial charge is 0.335 e. The van der Waals surface area contributed by atoms with Gasteiger partial charge in [0, 0.05) is 23.5 Å². The molecule has 7 heteroatoms. The minimum absolute atomic E-state index is 0.205. The monoisotopic (exact) mass is 298 g/mol. The second-order valence-electron chi connectivity index (χ2n) is 4.11. The highest BCUT2D eigenvalue weighted by Crippen LogP contribution is 2.21. The Morgan fingerprint density at radius 1 is 1.19 bits per heavy atom. The van der Waals surface area contributed by atoms with Crippen molar-refractivity contribution in [3.8, 4) is 10.7 Å². The molecular formula is C14H10N4O2S. The van der Waals surface area contributed by atoms with E-state index in [0.29, 0.717) is 11.6 Å². The number of hydrogen-bond acceptors (Lipinski definition) is 6. The van der Waals surface area contributed by atoms with Crippen LogP contribution in [0.2, 0.25) is 0 Å². The highest BCUT2D eigenvalue weighted by atomic mass is 32.1. The number of aromatic carboxylic acids is 1. The van der Waals surface area contributed by atoms with Gasteiger partial charge in [-0.15, -0.1) is 11.3 Å². The van der Waals surface area contributed by atoms with E-state index in [1.54, 1.807) is 30.6 Å². The van der Waals surface area contributed by atoms with Gasteiger partial charge in [0.1, 0.15) is 10.7 Å². The minimum atomic E-state index is -0.976. The Balaban J connectivity index is 1.87. The van der Waals surface area contributed by atoms with Crippen LogP contribution in [0.3, 0.4) is 0 Å². The summed E-state index contributed by atoms with van der Waals surface area (Å²) in [6, 6.07) is 8.25. The van der Waals surface area contributed by atoms with Crippen LogP contribution in [-0.2, 0) is 0 Å². The average molecular weight is 298 g/mol. The molecule has 0 atom stereocenters. The molecule has 0 saturated carbocycles. The fourth-order valence-electron chi connectivity index (χ4n) is 1.75. The van der Waals surface area contributed by atoms with E-state index < -0.39 is 5.97 Å². The van der Waals surface area contributed by atoms with Crippen LogP contribution in [0, 0.1) is 0 Å². The molecule has 0 spiro atoms. The summed E-state index contributed by atoms with van der Waals surface area (Å²) in [6.45, 7) is 0. The van der Waals surface area contributed by atoms with Crippen molar-refractivity contribution in [2.75, 3.05) is 5.32 Å². The van der Waals surface area contributed by atoms with Gasteiger partial charge >= 0.3 is 5.97 Å². The SMILES string of the molecule is O=C(O)c1cccc(Nc2nccc(-c3nccs3)n2)c1. The van der Waals surface area contributed by atoms with Crippen molar-refractivity contribution in [1.82, 2.24) is 15.0 Å². The summed E-state index contributed by atoms with van der Waals surface area (Å²) < 4.78 is 0. The molecule has 6 nitrogen and oxygen atoms in total. The molecular weight excluding hydrogens is 288 g/mol. The molecule has 0 fully saturated rings. The van der Waals surface area contributed by atoms with Gasteiger partial charge in [0.05, 0.1) is 5.56 Å². The number of carboxylic acids is 1. The predicted molar refractivity (Wildman–Crippen MR) is 79.8 cm³/mol. The zero-order chi connectivity index (χ0) is 14.7. The lowest BCUT2D eigenvalue weighted by Gasteiger charge is -2.06. The number of anilines is 2. The Bertz CT molecular complexity index is 774. The largest absolute Gasteiger partial charge is 0.478 e. The molecule has 0 saturated heterocycles. The number of benzene rings is 1. The molecule has 3 aromatic rings. The number of thiazole rings is 1. The highest BCUT2D eigenvalue weighted by molar-refractivity contribution is 7.13. The van der Waals surface area contributed by atoms with E-state index >= 15 is 0 Å². The zero-order valence-electron chi connectivity index (χ0n) is 10.7. The molecule has 0 aliphatic heterocycles. The molecule has 21 heavy (non-hydrogen) atoms. The van der Waals surface area contributed by atoms with E-state index in [2.05, 4.69) is 20.3 Å². The van der Waals surface area contributed by atoms with Crippen LogP contribution in [0.25, 0.3) is 10.7 Å². The quantitative estimate of drug-likeness (QED) is 0.769. The number of aromatic nitrogens is 3. The van der Waals surface area contributed by atoms with Crippen LogP contribution in [0.15, 0.2) is 48.1 Å². The van der Waals surface area contributed by atoms with E-state index in [0.717, 1.165) is 10.7 Å². The van der Waals surface area contributed by atoms with Crippen molar-refractivity contribution in [2.24, 2.45) is 0 Å². The summed E-state index contributed by atoms with van der Waals surface area (Å²) in [5.74, 6) is -0.582. The van der Waals surface area contributed by atoms with Gasteiger partial charge < -0.3 is 10.4 Å². The van der Waals surface area contributed by atoms with E-state index in [9.17, 15) is 4.79 Å². The second-order valence-corrected chi connectivity index (χ2v) is 5.01. The van der Waals surface area contributed by atoms with Gasteiger partial charge in [-0.05, 0) is 24.3 Å². The van der Waals surface area contributed by atoms with Crippen LogP contribution in [0.1, 0.15) is 10.4 Å². The molecule has 0 aliphatic rings. The number of nitrogens with one attached hydrogen (secondary N) is 1. The second kappa shape index (κ2) is 5.68. The maximum atomic E-state index is 10.9.